The van der Waals surface area contributed by atoms with Gasteiger partial charge in [-0.1, -0.05) is 43.3 Å². The zero-order chi connectivity index (χ0) is 28.2. The van der Waals surface area contributed by atoms with Gasteiger partial charge in [-0.3, -0.25) is 9.79 Å². The second-order valence-corrected chi connectivity index (χ2v) is 8.78. The van der Waals surface area contributed by atoms with Crippen LogP contribution in [-0.2, 0) is 12.0 Å². The molecule has 2 aromatic heterocycles. The summed E-state index contributed by atoms with van der Waals surface area (Å²) in [6.45, 7) is 4.22. The van der Waals surface area contributed by atoms with E-state index in [1.807, 2.05) is 13.8 Å². The first kappa shape index (κ1) is 27.5. The van der Waals surface area contributed by atoms with Gasteiger partial charge in [-0.2, -0.15) is 0 Å². The third-order valence-electron chi connectivity index (χ3n) is 6.54. The van der Waals surface area contributed by atoms with Gasteiger partial charge in [-0.25, -0.2) is 8.78 Å². The number of halogens is 2. The number of aryl methyl sites for hydroxylation is 1. The largest absolute Gasteiger partial charge is 0.496 e. The van der Waals surface area contributed by atoms with Crippen LogP contribution in [0, 0.1) is 11.6 Å². The molecule has 9 heteroatoms. The standard InChI is InChI=1S/C30H30F2N4O3/c1-4-27-24(30(38,22-10-6-8-12-25(22)31)23-11-7-9-13-26(23)32)14-20-15-28(39-3)21(18-36(20)27)29(37)35-19(16-33)17-34-5-2/h6-18,38H,4-5,33H2,1-3H3,(H,35,37). The minimum atomic E-state index is -2.17. The second-order valence-electron chi connectivity index (χ2n) is 8.78. The molecule has 0 fully saturated rings. The SMILES string of the molecule is CCN=CC(=CN)NC(=O)c1cn2c(CC)c(C(O)(c3ccccc3F)c3ccccc3F)cc2cc1OC. The predicted molar refractivity (Wildman–Crippen MR) is 147 cm³/mol. The first-order valence-electron chi connectivity index (χ1n) is 12.5. The molecule has 0 atom stereocenters. The number of carbonyl (C=O) groups is 1. The van der Waals surface area contributed by atoms with Gasteiger partial charge in [0.1, 0.15) is 23.0 Å². The fourth-order valence-corrected chi connectivity index (χ4v) is 4.72. The van der Waals surface area contributed by atoms with Crippen LogP contribution in [0.15, 0.2) is 83.7 Å². The number of pyridine rings is 1. The van der Waals surface area contributed by atoms with Crippen LogP contribution in [0.2, 0.25) is 0 Å². The van der Waals surface area contributed by atoms with E-state index in [0.717, 1.165) is 0 Å². The van der Waals surface area contributed by atoms with Crippen molar-refractivity contribution in [1.29, 1.82) is 0 Å². The summed E-state index contributed by atoms with van der Waals surface area (Å²) in [7, 11) is 1.43. The van der Waals surface area contributed by atoms with E-state index in [1.165, 1.54) is 55.9 Å². The molecule has 1 amide bonds. The van der Waals surface area contributed by atoms with E-state index >= 15 is 8.78 Å². The van der Waals surface area contributed by atoms with Crippen molar-refractivity contribution in [2.75, 3.05) is 13.7 Å². The van der Waals surface area contributed by atoms with Crippen LogP contribution >= 0.6 is 0 Å². The molecule has 0 aliphatic carbocycles. The molecule has 0 unspecified atom stereocenters. The van der Waals surface area contributed by atoms with E-state index in [9.17, 15) is 9.90 Å². The maximum Gasteiger partial charge on any atom is 0.261 e. The van der Waals surface area contributed by atoms with E-state index in [4.69, 9.17) is 10.5 Å². The summed E-state index contributed by atoms with van der Waals surface area (Å²) in [5, 5.41) is 15.0. The average molecular weight is 533 g/mol. The van der Waals surface area contributed by atoms with E-state index in [0.29, 0.717) is 29.9 Å². The lowest BCUT2D eigenvalue weighted by atomic mass is 9.79. The number of ether oxygens (including phenoxy) is 1. The molecule has 7 nitrogen and oxygen atoms in total. The number of rotatable bonds is 9. The van der Waals surface area contributed by atoms with E-state index < -0.39 is 23.1 Å². The highest BCUT2D eigenvalue weighted by Gasteiger charge is 2.41. The van der Waals surface area contributed by atoms with Crippen LogP contribution in [-0.4, -0.2) is 35.3 Å². The summed E-state index contributed by atoms with van der Waals surface area (Å²) in [6, 6.07) is 14.8. The van der Waals surface area contributed by atoms with Gasteiger partial charge >= 0.3 is 0 Å². The van der Waals surface area contributed by atoms with Crippen LogP contribution in [0.5, 0.6) is 5.75 Å². The van der Waals surface area contributed by atoms with Crippen LogP contribution in [0.25, 0.3) is 5.52 Å². The average Bonchev–Trinajstić information content (AvgIpc) is 3.32. The Balaban J connectivity index is 1.97. The van der Waals surface area contributed by atoms with Crippen LogP contribution in [0.1, 0.15) is 46.6 Å². The number of fused-ring (bicyclic) bond motifs is 1. The van der Waals surface area contributed by atoms with Crippen LogP contribution < -0.4 is 15.8 Å². The molecule has 0 aliphatic rings. The first-order valence-corrected chi connectivity index (χ1v) is 12.5. The highest BCUT2D eigenvalue weighted by molar-refractivity contribution is 6.01. The molecule has 2 aromatic carbocycles. The monoisotopic (exact) mass is 532 g/mol. The Morgan fingerprint density at radius 1 is 1.08 bits per heavy atom. The maximum absolute atomic E-state index is 15.2. The zero-order valence-corrected chi connectivity index (χ0v) is 21.9. The Morgan fingerprint density at radius 2 is 1.69 bits per heavy atom. The van der Waals surface area contributed by atoms with Crippen molar-refractivity contribution < 1.29 is 23.4 Å². The molecular weight excluding hydrogens is 502 g/mol. The molecule has 202 valence electrons. The minimum Gasteiger partial charge on any atom is -0.496 e. The van der Waals surface area contributed by atoms with Gasteiger partial charge in [0.2, 0.25) is 0 Å². The fraction of sp³-hybridized carbons (Fsp3) is 0.200. The van der Waals surface area contributed by atoms with Gasteiger partial charge in [0, 0.05) is 59.1 Å². The van der Waals surface area contributed by atoms with Crippen LogP contribution in [0.3, 0.4) is 0 Å². The number of nitrogens with one attached hydrogen (secondary N) is 1. The highest BCUT2D eigenvalue weighted by atomic mass is 19.1. The molecule has 0 spiro atoms. The number of aliphatic hydroxyl groups is 1. The Morgan fingerprint density at radius 3 is 2.21 bits per heavy atom. The van der Waals surface area contributed by atoms with Crippen molar-refractivity contribution >= 4 is 17.6 Å². The molecule has 4 N–H and O–H groups in total. The molecule has 0 saturated carbocycles. The third kappa shape index (κ3) is 5.00. The van der Waals surface area contributed by atoms with E-state index in [2.05, 4.69) is 10.3 Å². The van der Waals surface area contributed by atoms with E-state index in [1.54, 1.807) is 34.9 Å². The quantitative estimate of drug-likeness (QED) is 0.272. The number of hydrogen-bond donors (Lipinski definition) is 3. The topological polar surface area (TPSA) is 101 Å². The molecule has 0 radical (unpaired) electrons. The van der Waals surface area contributed by atoms with Gasteiger partial charge in [-0.05, 0) is 31.5 Å². The summed E-state index contributed by atoms with van der Waals surface area (Å²) in [5.41, 5.74) is 5.15. The van der Waals surface area contributed by atoms with Gasteiger partial charge in [0.05, 0.1) is 18.4 Å². The molecular formula is C30H30F2N4O3. The molecule has 39 heavy (non-hydrogen) atoms. The van der Waals surface area contributed by atoms with Crippen molar-refractivity contribution in [3.63, 3.8) is 0 Å². The van der Waals surface area contributed by atoms with Crippen molar-refractivity contribution in [1.82, 2.24) is 9.72 Å². The Labute approximate surface area is 225 Å². The van der Waals surface area contributed by atoms with Crippen molar-refractivity contribution in [2.45, 2.75) is 25.9 Å². The van der Waals surface area contributed by atoms with Gasteiger partial charge < -0.3 is 25.3 Å². The molecule has 0 aliphatic heterocycles. The van der Waals surface area contributed by atoms with Crippen molar-refractivity contribution in [3.8, 4) is 5.75 Å². The number of benzene rings is 2. The molecule has 4 rings (SSSR count). The van der Waals surface area contributed by atoms with Gasteiger partial charge in [-0.15, -0.1) is 0 Å². The lowest BCUT2D eigenvalue weighted by Gasteiger charge is -2.31. The number of aromatic nitrogens is 1. The third-order valence-corrected chi connectivity index (χ3v) is 6.54. The van der Waals surface area contributed by atoms with E-state index in [-0.39, 0.29) is 28.0 Å². The lowest BCUT2D eigenvalue weighted by molar-refractivity contribution is 0.0964. The number of aliphatic imine (C=N–C) groups is 1. The number of nitrogens with zero attached hydrogens (tertiary/aromatic N) is 2. The normalized spacial score (nSPS) is 12.3. The minimum absolute atomic E-state index is 0.0985. The highest BCUT2D eigenvalue weighted by Crippen LogP contribution is 2.42. The Kier molecular flexibility index (Phi) is 8.11. The van der Waals surface area contributed by atoms with Crippen LogP contribution in [0.4, 0.5) is 8.78 Å². The summed E-state index contributed by atoms with van der Waals surface area (Å²) >= 11 is 0. The first-order chi connectivity index (χ1) is 18.8. The lowest BCUT2D eigenvalue weighted by Crippen LogP contribution is -2.32. The summed E-state index contributed by atoms with van der Waals surface area (Å²) < 4.78 is 37.7. The Bertz CT molecular complexity index is 1530. The molecule has 0 bridgehead atoms. The van der Waals surface area contributed by atoms with Crippen molar-refractivity contribution in [2.24, 2.45) is 10.7 Å². The number of carbonyl (C=O) groups excluding carboxylic acids is 1. The van der Waals surface area contributed by atoms with Gasteiger partial charge in [0.15, 0.2) is 0 Å². The summed E-state index contributed by atoms with van der Waals surface area (Å²) in [6.07, 6.45) is 4.63. The summed E-state index contributed by atoms with van der Waals surface area (Å²) in [4.78, 5) is 17.3. The molecule has 0 saturated heterocycles. The number of hydrogen-bond acceptors (Lipinski definition) is 5. The predicted octanol–water partition coefficient (Wildman–Crippen LogP) is 4.69. The zero-order valence-electron chi connectivity index (χ0n) is 21.9. The second kappa shape index (κ2) is 11.5. The number of nitrogens with two attached hydrogens (primary N) is 1. The van der Waals surface area contributed by atoms with Gasteiger partial charge in [0.25, 0.3) is 5.91 Å². The number of methoxy groups -OCH3 is 1. The smallest absolute Gasteiger partial charge is 0.261 e. The molecule has 4 aromatic rings. The maximum atomic E-state index is 15.2. The fourth-order valence-electron chi connectivity index (χ4n) is 4.72. The Hall–Kier alpha value is -4.50. The molecule has 2 heterocycles. The summed E-state index contributed by atoms with van der Waals surface area (Å²) in [5.74, 6) is -1.61. The van der Waals surface area contributed by atoms with Crippen molar-refractivity contribution in [3.05, 3.63) is 118 Å². The number of amides is 1. The number of allylic oxidation sites excluding steroid dienone is 1.